The summed E-state index contributed by atoms with van der Waals surface area (Å²) in [5.74, 6) is -0.588. The molecular weight excluding hydrogens is 425 g/mol. The van der Waals surface area contributed by atoms with E-state index in [-0.39, 0.29) is 11.9 Å². The highest BCUT2D eigenvalue weighted by molar-refractivity contribution is 6.36. The van der Waals surface area contributed by atoms with E-state index in [1.165, 1.54) is 12.1 Å². The lowest BCUT2D eigenvalue weighted by Gasteiger charge is -2.11. The van der Waals surface area contributed by atoms with Gasteiger partial charge in [0, 0.05) is 22.4 Å². The number of esters is 1. The lowest BCUT2D eigenvalue weighted by Crippen LogP contribution is -2.50. The molecule has 0 spiro atoms. The molecule has 0 aromatic heterocycles. The maximum absolute atomic E-state index is 13.8. The molecule has 2 aliphatic rings. The highest BCUT2D eigenvalue weighted by Crippen LogP contribution is 2.41. The van der Waals surface area contributed by atoms with Gasteiger partial charge < -0.3 is 26.3 Å². The Morgan fingerprint density at radius 3 is 2.85 bits per heavy atom. The second-order valence-corrected chi connectivity index (χ2v) is 8.36. The number of nitrogens with two attached hydrogens (primary N) is 1. The van der Waals surface area contributed by atoms with Gasteiger partial charge in [0.1, 0.15) is 24.2 Å². The van der Waals surface area contributed by atoms with Gasteiger partial charge in [0.2, 0.25) is 0 Å². The number of quaternary nitrogens is 1. The second-order valence-electron chi connectivity index (χ2n) is 8.36. The summed E-state index contributed by atoms with van der Waals surface area (Å²) in [6.45, 7) is 1.50. The van der Waals surface area contributed by atoms with Gasteiger partial charge in [-0.2, -0.15) is 0 Å². The summed E-state index contributed by atoms with van der Waals surface area (Å²) in [7, 11) is 0. The number of amides is 1. The third-order valence-corrected chi connectivity index (χ3v) is 5.91. The molecule has 2 aromatic rings. The van der Waals surface area contributed by atoms with Crippen LogP contribution in [-0.4, -0.2) is 31.1 Å². The molecule has 0 radical (unpaired) electrons. The molecule has 2 aromatic carbocycles. The number of anilines is 1. The fourth-order valence-corrected chi connectivity index (χ4v) is 4.16. The number of fused-ring (bicyclic) bond motifs is 2. The van der Waals surface area contributed by atoms with Gasteiger partial charge in [0.05, 0.1) is 18.7 Å². The van der Waals surface area contributed by atoms with Gasteiger partial charge in [-0.05, 0) is 55.9 Å². The van der Waals surface area contributed by atoms with Gasteiger partial charge in [-0.15, -0.1) is 0 Å². The van der Waals surface area contributed by atoms with Gasteiger partial charge >= 0.3 is 5.97 Å². The molecule has 8 heteroatoms. The van der Waals surface area contributed by atoms with Crippen molar-refractivity contribution in [3.63, 3.8) is 0 Å². The summed E-state index contributed by atoms with van der Waals surface area (Å²) in [5.41, 5.74) is 14.0. The second kappa shape index (κ2) is 10.1. The molecule has 174 valence electrons. The lowest BCUT2D eigenvalue weighted by atomic mass is 9.98. The van der Waals surface area contributed by atoms with E-state index < -0.39 is 11.9 Å². The molecule has 0 saturated carbocycles. The number of rotatable bonds is 9. The zero-order valence-corrected chi connectivity index (χ0v) is 18.5. The maximum Gasteiger partial charge on any atom is 0.322 e. The van der Waals surface area contributed by atoms with Crippen LogP contribution in [-0.2, 0) is 32.1 Å². The van der Waals surface area contributed by atoms with Gasteiger partial charge in [-0.25, -0.2) is 4.39 Å². The van der Waals surface area contributed by atoms with E-state index in [4.69, 9.17) is 15.2 Å². The number of benzene rings is 2. The van der Waals surface area contributed by atoms with Crippen LogP contribution in [0, 0.1) is 5.82 Å². The Labute approximate surface area is 191 Å². The van der Waals surface area contributed by atoms with E-state index in [2.05, 4.69) is 11.1 Å². The molecule has 0 aliphatic carbocycles. The molecule has 0 fully saturated rings. The molecule has 7 nitrogen and oxygen atoms in total. The zero-order valence-electron chi connectivity index (χ0n) is 18.5. The zero-order chi connectivity index (χ0) is 23.4. The third kappa shape index (κ3) is 5.07. The first-order valence-corrected chi connectivity index (χ1v) is 11.3. The minimum absolute atomic E-state index is 0.297. The van der Waals surface area contributed by atoms with E-state index in [9.17, 15) is 14.0 Å². The molecule has 1 atom stereocenters. The normalized spacial score (nSPS) is 17.2. The summed E-state index contributed by atoms with van der Waals surface area (Å²) in [6, 6.07) is 9.57. The van der Waals surface area contributed by atoms with Crippen LogP contribution >= 0.6 is 0 Å². The predicted octanol–water partition coefficient (Wildman–Crippen LogP) is 2.39. The van der Waals surface area contributed by atoms with Crippen LogP contribution in [0.25, 0.3) is 11.3 Å². The van der Waals surface area contributed by atoms with Crippen molar-refractivity contribution in [1.29, 1.82) is 0 Å². The Morgan fingerprint density at radius 1 is 1.18 bits per heavy atom. The fourth-order valence-electron chi connectivity index (χ4n) is 4.16. The number of ether oxygens (including phenoxy) is 2. The summed E-state index contributed by atoms with van der Waals surface area (Å²) >= 11 is 0. The van der Waals surface area contributed by atoms with Crippen LogP contribution in [0.15, 0.2) is 36.4 Å². The van der Waals surface area contributed by atoms with Crippen molar-refractivity contribution < 1.29 is 29.2 Å². The van der Waals surface area contributed by atoms with Gasteiger partial charge in [0.15, 0.2) is 0 Å². The Balaban J connectivity index is 1.37. The number of unbranched alkanes of at least 4 members (excludes halogenated alkanes) is 1. The number of carbonyl (C=O) groups excluding carboxylic acids is 2. The minimum atomic E-state index is -0.577. The molecule has 6 N–H and O–H groups in total. The molecule has 2 aliphatic heterocycles. The third-order valence-electron chi connectivity index (χ3n) is 5.91. The minimum Gasteiger partial charge on any atom is -0.487 e. The largest absolute Gasteiger partial charge is 0.487 e. The number of halogens is 1. The molecule has 2 heterocycles. The van der Waals surface area contributed by atoms with Crippen molar-refractivity contribution in [2.45, 2.75) is 44.8 Å². The first-order chi connectivity index (χ1) is 16.0. The maximum atomic E-state index is 13.8. The van der Waals surface area contributed by atoms with E-state index in [0.29, 0.717) is 48.6 Å². The monoisotopic (exact) mass is 454 g/mol. The van der Waals surface area contributed by atoms with Gasteiger partial charge in [0.25, 0.3) is 5.91 Å². The highest BCUT2D eigenvalue weighted by atomic mass is 19.1. The van der Waals surface area contributed by atoms with Crippen LogP contribution in [0.4, 0.5) is 10.1 Å². The van der Waals surface area contributed by atoms with Gasteiger partial charge in [-0.3, -0.25) is 9.59 Å². The van der Waals surface area contributed by atoms with Crippen LogP contribution < -0.4 is 16.8 Å². The van der Waals surface area contributed by atoms with Crippen molar-refractivity contribution >= 4 is 28.9 Å². The molecule has 1 amide bonds. The average molecular weight is 455 g/mol. The Hall–Kier alpha value is -3.23. The van der Waals surface area contributed by atoms with Crippen molar-refractivity contribution in [2.24, 2.45) is 5.73 Å². The summed E-state index contributed by atoms with van der Waals surface area (Å²) < 4.78 is 24.9. The highest BCUT2D eigenvalue weighted by Gasteiger charge is 2.32. The molecule has 4 rings (SSSR count). The molecular formula is C25H29FN3O4+. The fraction of sp³-hybridized carbons (Fsp3) is 0.360. The molecule has 33 heavy (non-hydrogen) atoms. The Bertz CT molecular complexity index is 1100. The van der Waals surface area contributed by atoms with E-state index in [1.807, 2.05) is 18.2 Å². The van der Waals surface area contributed by atoms with E-state index in [0.717, 1.165) is 42.5 Å². The number of aryl methyl sites for hydroxylation is 1. The van der Waals surface area contributed by atoms with E-state index in [1.54, 1.807) is 6.07 Å². The Morgan fingerprint density at radius 2 is 2.03 bits per heavy atom. The van der Waals surface area contributed by atoms with E-state index >= 15 is 0 Å². The molecule has 0 saturated heterocycles. The van der Waals surface area contributed by atoms with Crippen LogP contribution in [0.3, 0.4) is 0 Å². The van der Waals surface area contributed by atoms with Crippen molar-refractivity contribution in [1.82, 2.24) is 0 Å². The van der Waals surface area contributed by atoms with Crippen molar-refractivity contribution in [2.75, 3.05) is 18.5 Å². The summed E-state index contributed by atoms with van der Waals surface area (Å²) in [5, 5.41) is 2.76. The first-order valence-electron chi connectivity index (χ1n) is 11.3. The summed E-state index contributed by atoms with van der Waals surface area (Å²) in [4.78, 5) is 24.5. The number of hydrogen-bond acceptors (Lipinski definition) is 5. The van der Waals surface area contributed by atoms with Gasteiger partial charge in [-0.1, -0.05) is 18.2 Å². The number of carbonyl (C=O) groups is 2. The summed E-state index contributed by atoms with van der Waals surface area (Å²) in [6.07, 6.45) is 3.86. The van der Waals surface area contributed by atoms with Crippen molar-refractivity contribution in [3.8, 4) is 0 Å². The lowest BCUT2D eigenvalue weighted by molar-refractivity contribution is -0.368. The van der Waals surface area contributed by atoms with Crippen LogP contribution in [0.1, 0.15) is 47.9 Å². The molecule has 1 unspecified atom stereocenters. The van der Waals surface area contributed by atoms with Crippen molar-refractivity contribution in [3.05, 3.63) is 64.5 Å². The number of nitrogens with one attached hydrogen (secondary N) is 1. The van der Waals surface area contributed by atoms with Crippen LogP contribution in [0.2, 0.25) is 0 Å². The SMILES string of the molecule is NC(CCCC[NH3+])C(=O)OCCCc1ccc2c(c1)CO/C2=C1/C(=O)Nc2ccc(F)cc21. The average Bonchev–Trinajstić information content (AvgIpc) is 3.35. The standard InChI is InChI=1S/C25H28FN3O4/c26-17-7-9-21-19(13-17)22(24(30)29-21)23-18-8-6-15(12-16(18)14-33-23)4-3-11-32-25(31)20(28)5-1-2-10-27/h6-9,12-13,20H,1-5,10-11,14,27-28H2,(H,29,30)/p+1/b23-22+. The smallest absolute Gasteiger partial charge is 0.322 e. The first kappa shape index (κ1) is 22.9. The molecule has 0 bridgehead atoms. The topological polar surface area (TPSA) is 118 Å². The quantitative estimate of drug-likeness (QED) is 0.305. The Kier molecular flexibility index (Phi) is 7.05. The predicted molar refractivity (Wildman–Crippen MR) is 122 cm³/mol. The number of hydrogen-bond donors (Lipinski definition) is 3. The van der Waals surface area contributed by atoms with Crippen LogP contribution in [0.5, 0.6) is 0 Å².